The Morgan fingerprint density at radius 1 is 1.07 bits per heavy atom. The Labute approximate surface area is 167 Å². The zero-order chi connectivity index (χ0) is 19.3. The quantitative estimate of drug-likeness (QED) is 0.587. The van der Waals surface area contributed by atoms with Crippen LogP contribution in [0.25, 0.3) is 11.0 Å². The average molecular weight is 398 g/mol. The molecule has 3 aromatic rings. The monoisotopic (exact) mass is 397 g/mol. The molecule has 5 nitrogen and oxygen atoms in total. The predicted octanol–water partition coefficient (Wildman–Crippen LogP) is 4.69. The lowest BCUT2D eigenvalue weighted by molar-refractivity contribution is 0.289. The number of halogens is 1. The van der Waals surface area contributed by atoms with E-state index in [9.17, 15) is 4.79 Å². The van der Waals surface area contributed by atoms with Crippen molar-refractivity contribution in [3.8, 4) is 11.5 Å². The van der Waals surface area contributed by atoms with Crippen molar-refractivity contribution in [3.63, 3.8) is 0 Å². The second kappa shape index (κ2) is 6.74. The minimum atomic E-state index is -0.208. The molecule has 0 bridgehead atoms. The third-order valence-corrected chi connectivity index (χ3v) is 5.97. The lowest BCUT2D eigenvalue weighted by atomic mass is 9.90. The van der Waals surface area contributed by atoms with E-state index in [2.05, 4.69) is 4.90 Å². The molecule has 28 heavy (non-hydrogen) atoms. The van der Waals surface area contributed by atoms with Gasteiger partial charge in [-0.25, -0.2) is 4.79 Å². The number of rotatable bonds is 2. The van der Waals surface area contributed by atoms with Crippen LogP contribution in [0.5, 0.6) is 11.5 Å². The van der Waals surface area contributed by atoms with Crippen molar-refractivity contribution in [1.29, 1.82) is 0 Å². The molecule has 144 valence electrons. The van der Waals surface area contributed by atoms with Gasteiger partial charge in [0.2, 0.25) is 0 Å². The van der Waals surface area contributed by atoms with E-state index < -0.39 is 0 Å². The number of hydrogen-bond donors (Lipinski definition) is 0. The Morgan fingerprint density at radius 3 is 2.68 bits per heavy atom. The van der Waals surface area contributed by atoms with Crippen LogP contribution < -0.4 is 20.0 Å². The number of methoxy groups -OCH3 is 1. The van der Waals surface area contributed by atoms with Crippen molar-refractivity contribution in [2.75, 3.05) is 18.7 Å². The third kappa shape index (κ3) is 2.73. The maximum absolute atomic E-state index is 12.6. The van der Waals surface area contributed by atoms with Crippen LogP contribution in [0.15, 0.2) is 39.5 Å². The summed E-state index contributed by atoms with van der Waals surface area (Å²) in [4.78, 5) is 14.6. The van der Waals surface area contributed by atoms with Gasteiger partial charge in [-0.15, -0.1) is 0 Å². The fraction of sp³-hybridized carbons (Fsp3) is 0.318. The molecule has 0 atom stereocenters. The van der Waals surface area contributed by atoms with Crippen LogP contribution in [-0.4, -0.2) is 13.8 Å². The average Bonchev–Trinajstić information content (AvgIpc) is 2.73. The van der Waals surface area contributed by atoms with E-state index in [1.807, 2.05) is 30.3 Å². The molecular formula is C22H20ClNO4. The first-order chi connectivity index (χ1) is 13.7. The van der Waals surface area contributed by atoms with Gasteiger partial charge in [0.1, 0.15) is 17.1 Å². The lowest BCUT2D eigenvalue weighted by Gasteiger charge is -2.31. The summed E-state index contributed by atoms with van der Waals surface area (Å²) in [6.07, 6.45) is 3.88. The van der Waals surface area contributed by atoms with Crippen molar-refractivity contribution in [1.82, 2.24) is 0 Å². The molecule has 0 radical (unpaired) electrons. The third-order valence-electron chi connectivity index (χ3n) is 5.68. The molecule has 1 aromatic heterocycles. The van der Waals surface area contributed by atoms with Crippen LogP contribution in [0.3, 0.4) is 0 Å². The van der Waals surface area contributed by atoms with Gasteiger partial charge in [0.25, 0.3) is 0 Å². The second-order valence-corrected chi connectivity index (χ2v) is 7.67. The van der Waals surface area contributed by atoms with Gasteiger partial charge in [-0.05, 0) is 61.6 Å². The van der Waals surface area contributed by atoms with E-state index in [-0.39, 0.29) is 5.63 Å². The maximum Gasteiger partial charge on any atom is 0.339 e. The summed E-state index contributed by atoms with van der Waals surface area (Å²) >= 11 is 6.29. The first-order valence-corrected chi connectivity index (χ1v) is 9.85. The number of nitrogens with zero attached hydrogens (tertiary/aromatic N) is 1. The fourth-order valence-electron chi connectivity index (χ4n) is 4.23. The Balaban J connectivity index is 1.60. The molecular weight excluding hydrogens is 378 g/mol. The van der Waals surface area contributed by atoms with Crippen molar-refractivity contribution in [2.24, 2.45) is 0 Å². The van der Waals surface area contributed by atoms with Crippen LogP contribution in [-0.2, 0) is 19.4 Å². The van der Waals surface area contributed by atoms with Crippen molar-refractivity contribution in [2.45, 2.75) is 32.2 Å². The van der Waals surface area contributed by atoms with Crippen molar-refractivity contribution >= 4 is 28.3 Å². The first kappa shape index (κ1) is 17.4. The highest BCUT2D eigenvalue weighted by molar-refractivity contribution is 6.32. The van der Waals surface area contributed by atoms with E-state index in [4.69, 9.17) is 25.5 Å². The van der Waals surface area contributed by atoms with Gasteiger partial charge < -0.3 is 18.8 Å². The number of anilines is 1. The number of aryl methyl sites for hydroxylation is 1. The van der Waals surface area contributed by atoms with Crippen LogP contribution in [0, 0.1) is 0 Å². The number of ether oxygens (including phenoxy) is 2. The van der Waals surface area contributed by atoms with E-state index in [0.29, 0.717) is 29.6 Å². The second-order valence-electron chi connectivity index (χ2n) is 7.26. The molecule has 0 amide bonds. The summed E-state index contributed by atoms with van der Waals surface area (Å²) in [6, 6.07) is 9.67. The maximum atomic E-state index is 12.6. The molecule has 6 heteroatoms. The smallest absolute Gasteiger partial charge is 0.339 e. The topological polar surface area (TPSA) is 51.9 Å². The Hall–Kier alpha value is -2.66. The minimum Gasteiger partial charge on any atom is -0.495 e. The van der Waals surface area contributed by atoms with Gasteiger partial charge in [0.05, 0.1) is 24.2 Å². The molecule has 2 aromatic carbocycles. The Morgan fingerprint density at radius 2 is 1.89 bits per heavy atom. The predicted molar refractivity (Wildman–Crippen MR) is 109 cm³/mol. The zero-order valence-corrected chi connectivity index (χ0v) is 16.3. The van der Waals surface area contributed by atoms with Crippen LogP contribution in [0.1, 0.15) is 29.5 Å². The Bertz CT molecular complexity index is 1140. The summed E-state index contributed by atoms with van der Waals surface area (Å²) in [5.74, 6) is 1.40. The normalized spacial score (nSPS) is 15.7. The van der Waals surface area contributed by atoms with E-state index in [0.717, 1.165) is 59.2 Å². The van der Waals surface area contributed by atoms with E-state index >= 15 is 0 Å². The molecule has 0 saturated heterocycles. The highest BCUT2D eigenvalue weighted by Gasteiger charge is 2.25. The van der Waals surface area contributed by atoms with Gasteiger partial charge >= 0.3 is 5.63 Å². The standard InChI is InChI=1S/C22H20ClNO4/c1-26-20-8-6-13(10-18(20)23)24-11-17-19(27-12-24)9-7-15-14-4-2-3-5-16(14)22(25)28-21(15)17/h6-10H,2-5,11-12H2,1H3. The minimum absolute atomic E-state index is 0.208. The summed E-state index contributed by atoms with van der Waals surface area (Å²) in [7, 11) is 1.59. The molecule has 0 saturated carbocycles. The van der Waals surface area contributed by atoms with Crippen molar-refractivity contribution in [3.05, 3.63) is 62.5 Å². The van der Waals surface area contributed by atoms with Crippen LogP contribution >= 0.6 is 11.6 Å². The number of benzene rings is 2. The van der Waals surface area contributed by atoms with Gasteiger partial charge in [-0.3, -0.25) is 0 Å². The molecule has 0 fully saturated rings. The van der Waals surface area contributed by atoms with Crippen molar-refractivity contribution < 1.29 is 13.9 Å². The highest BCUT2D eigenvalue weighted by Crippen LogP contribution is 2.38. The van der Waals surface area contributed by atoms with Crippen LogP contribution in [0.4, 0.5) is 5.69 Å². The van der Waals surface area contributed by atoms with Crippen LogP contribution in [0.2, 0.25) is 5.02 Å². The molecule has 0 unspecified atom stereocenters. The highest BCUT2D eigenvalue weighted by atomic mass is 35.5. The molecule has 0 N–H and O–H groups in total. The molecule has 5 rings (SSSR count). The van der Waals surface area contributed by atoms with Gasteiger partial charge in [0.15, 0.2) is 6.73 Å². The summed E-state index contributed by atoms with van der Waals surface area (Å²) in [5.41, 5.74) is 4.25. The van der Waals surface area contributed by atoms with Gasteiger partial charge in [0, 0.05) is 16.6 Å². The molecule has 2 heterocycles. The van der Waals surface area contributed by atoms with Gasteiger partial charge in [-0.2, -0.15) is 0 Å². The molecule has 1 aliphatic carbocycles. The molecule has 0 spiro atoms. The fourth-order valence-corrected chi connectivity index (χ4v) is 4.48. The first-order valence-electron chi connectivity index (χ1n) is 9.47. The SMILES string of the molecule is COc1ccc(N2COc3ccc4c5c(c(=O)oc4c3C2)CCCC5)cc1Cl. The Kier molecular flexibility index (Phi) is 4.20. The van der Waals surface area contributed by atoms with E-state index in [1.165, 1.54) is 0 Å². The summed E-state index contributed by atoms with van der Waals surface area (Å²) < 4.78 is 17.0. The van der Waals surface area contributed by atoms with E-state index in [1.54, 1.807) is 7.11 Å². The van der Waals surface area contributed by atoms with Gasteiger partial charge in [-0.1, -0.05) is 11.6 Å². The number of fused-ring (bicyclic) bond motifs is 5. The molecule has 2 aliphatic rings. The lowest BCUT2D eigenvalue weighted by Crippen LogP contribution is -2.32. The largest absolute Gasteiger partial charge is 0.495 e. The number of hydrogen-bond acceptors (Lipinski definition) is 5. The zero-order valence-electron chi connectivity index (χ0n) is 15.6. The summed E-state index contributed by atoms with van der Waals surface area (Å²) in [5, 5.41) is 1.58. The summed E-state index contributed by atoms with van der Waals surface area (Å²) in [6.45, 7) is 0.980. The molecule has 1 aliphatic heterocycles.